The van der Waals surface area contributed by atoms with Crippen LogP contribution in [0.3, 0.4) is 0 Å². The van der Waals surface area contributed by atoms with Crippen molar-refractivity contribution in [3.05, 3.63) is 53.7 Å². The van der Waals surface area contributed by atoms with Gasteiger partial charge in [0.1, 0.15) is 17.5 Å². The monoisotopic (exact) mass is 260 g/mol. The van der Waals surface area contributed by atoms with Crippen LogP contribution in [0.1, 0.15) is 5.82 Å². The number of aromatic nitrogens is 4. The smallest absolute Gasteiger partial charge is 0.180 e. The molecule has 6 heteroatoms. The van der Waals surface area contributed by atoms with Crippen molar-refractivity contribution in [1.82, 2.24) is 19.6 Å². The van der Waals surface area contributed by atoms with Gasteiger partial charge in [-0.05, 0) is 12.1 Å². The summed E-state index contributed by atoms with van der Waals surface area (Å²) in [6.07, 6.45) is 3.15. The molecule has 1 aromatic carbocycles. The topological polar surface area (TPSA) is 52.3 Å². The van der Waals surface area contributed by atoms with Crippen molar-refractivity contribution in [1.29, 1.82) is 0 Å². The van der Waals surface area contributed by atoms with Crippen LogP contribution >= 0.6 is 11.6 Å². The largest absolute Gasteiger partial charge is 0.486 e. The van der Waals surface area contributed by atoms with Gasteiger partial charge in [-0.3, -0.25) is 9.38 Å². The zero-order valence-electron chi connectivity index (χ0n) is 9.32. The third-order valence-electron chi connectivity index (χ3n) is 2.45. The molecule has 0 aliphatic carbocycles. The van der Waals surface area contributed by atoms with Crippen LogP contribution in [0.15, 0.2) is 42.7 Å². The van der Waals surface area contributed by atoms with Crippen LogP contribution in [0.25, 0.3) is 5.65 Å². The lowest BCUT2D eigenvalue weighted by Crippen LogP contribution is -2.02. The molecule has 0 saturated heterocycles. The first-order chi connectivity index (χ1) is 8.84. The van der Waals surface area contributed by atoms with E-state index in [1.54, 1.807) is 16.8 Å². The summed E-state index contributed by atoms with van der Waals surface area (Å²) in [5.74, 6) is 1.42. The van der Waals surface area contributed by atoms with Crippen LogP contribution in [0, 0.1) is 0 Å². The molecule has 0 radical (unpaired) electrons. The summed E-state index contributed by atoms with van der Waals surface area (Å²) in [4.78, 5) is 3.95. The zero-order chi connectivity index (χ0) is 12.4. The number of benzene rings is 1. The highest BCUT2D eigenvalue weighted by Crippen LogP contribution is 2.14. The average Bonchev–Trinajstić information content (AvgIpc) is 2.82. The third kappa shape index (κ3) is 2.00. The second-order valence-corrected chi connectivity index (χ2v) is 4.03. The van der Waals surface area contributed by atoms with Crippen molar-refractivity contribution in [2.24, 2.45) is 0 Å². The number of halogens is 1. The van der Waals surface area contributed by atoms with Crippen LogP contribution in [-0.4, -0.2) is 19.6 Å². The molecule has 3 rings (SSSR count). The van der Waals surface area contributed by atoms with Gasteiger partial charge in [-0.2, -0.15) is 0 Å². The Morgan fingerprint density at radius 1 is 1.11 bits per heavy atom. The molecule has 0 amide bonds. The molecule has 0 fully saturated rings. The van der Waals surface area contributed by atoms with E-state index in [0.717, 1.165) is 5.75 Å². The van der Waals surface area contributed by atoms with E-state index in [9.17, 15) is 0 Å². The Labute approximate surface area is 108 Å². The van der Waals surface area contributed by atoms with Crippen LogP contribution < -0.4 is 4.74 Å². The molecule has 0 atom stereocenters. The summed E-state index contributed by atoms with van der Waals surface area (Å²) in [6.45, 7) is 0.301. The molecule has 0 aliphatic heterocycles. The molecule has 2 aromatic heterocycles. The van der Waals surface area contributed by atoms with Crippen molar-refractivity contribution in [3.8, 4) is 5.75 Å². The molecule has 0 N–H and O–H groups in total. The van der Waals surface area contributed by atoms with Crippen molar-refractivity contribution in [2.75, 3.05) is 0 Å². The van der Waals surface area contributed by atoms with E-state index >= 15 is 0 Å². The fourth-order valence-corrected chi connectivity index (χ4v) is 1.87. The molecule has 2 heterocycles. The maximum atomic E-state index is 6.05. The summed E-state index contributed by atoms with van der Waals surface area (Å²) >= 11 is 6.05. The Kier molecular flexibility index (Phi) is 2.82. The van der Waals surface area contributed by atoms with Gasteiger partial charge >= 0.3 is 0 Å². The number of nitrogens with zero attached hydrogens (tertiary/aromatic N) is 4. The summed E-state index contributed by atoms with van der Waals surface area (Å²) in [6, 6.07) is 9.52. The van der Waals surface area contributed by atoms with Gasteiger partial charge in [0.2, 0.25) is 0 Å². The molecule has 5 nitrogen and oxygen atoms in total. The van der Waals surface area contributed by atoms with Gasteiger partial charge in [0.05, 0.1) is 12.4 Å². The predicted molar refractivity (Wildman–Crippen MR) is 66.6 cm³/mol. The number of rotatable bonds is 3. The first-order valence-electron chi connectivity index (χ1n) is 5.36. The number of ether oxygens (including phenoxy) is 1. The minimum atomic E-state index is 0.301. The quantitative estimate of drug-likeness (QED) is 0.725. The minimum absolute atomic E-state index is 0.301. The molecular formula is C12H9ClN4O. The van der Waals surface area contributed by atoms with Crippen LogP contribution in [0.5, 0.6) is 5.75 Å². The minimum Gasteiger partial charge on any atom is -0.486 e. The van der Waals surface area contributed by atoms with Gasteiger partial charge < -0.3 is 4.74 Å². The van der Waals surface area contributed by atoms with Crippen molar-refractivity contribution < 1.29 is 4.74 Å². The number of para-hydroxylation sites is 1. The Bertz CT molecular complexity index is 668. The molecule has 90 valence electrons. The molecule has 0 unspecified atom stereocenters. The zero-order valence-corrected chi connectivity index (χ0v) is 10.1. The SMILES string of the molecule is Clc1cncc2nnc(COc3ccccc3)n12. The van der Waals surface area contributed by atoms with Gasteiger partial charge in [-0.15, -0.1) is 10.2 Å². The van der Waals surface area contributed by atoms with E-state index in [1.165, 1.54) is 0 Å². The van der Waals surface area contributed by atoms with Crippen molar-refractivity contribution >= 4 is 17.2 Å². The highest BCUT2D eigenvalue weighted by molar-refractivity contribution is 6.29. The second kappa shape index (κ2) is 4.62. The number of hydrogen-bond donors (Lipinski definition) is 0. The van der Waals surface area contributed by atoms with E-state index in [0.29, 0.717) is 23.2 Å². The Hall–Kier alpha value is -2.14. The molecular weight excluding hydrogens is 252 g/mol. The predicted octanol–water partition coefficient (Wildman–Crippen LogP) is 2.36. The van der Waals surface area contributed by atoms with Crippen LogP contribution in [0.4, 0.5) is 0 Å². The number of hydrogen-bond acceptors (Lipinski definition) is 4. The van der Waals surface area contributed by atoms with Gasteiger partial charge in [-0.1, -0.05) is 29.8 Å². The molecule has 0 saturated carbocycles. The van der Waals surface area contributed by atoms with Crippen molar-refractivity contribution in [2.45, 2.75) is 6.61 Å². The van der Waals surface area contributed by atoms with Gasteiger partial charge in [0.15, 0.2) is 11.5 Å². The summed E-state index contributed by atoms with van der Waals surface area (Å²) in [7, 11) is 0. The van der Waals surface area contributed by atoms with E-state index in [-0.39, 0.29) is 0 Å². The first kappa shape index (κ1) is 11.0. The van der Waals surface area contributed by atoms with E-state index in [1.807, 2.05) is 30.3 Å². The van der Waals surface area contributed by atoms with Crippen molar-refractivity contribution in [3.63, 3.8) is 0 Å². The van der Waals surface area contributed by atoms with Gasteiger partial charge in [-0.25, -0.2) is 0 Å². The Morgan fingerprint density at radius 3 is 2.78 bits per heavy atom. The fourth-order valence-electron chi connectivity index (χ4n) is 1.63. The van der Waals surface area contributed by atoms with Crippen LogP contribution in [0.2, 0.25) is 5.15 Å². The highest BCUT2D eigenvalue weighted by atomic mass is 35.5. The Balaban J connectivity index is 1.87. The molecule has 0 bridgehead atoms. The maximum Gasteiger partial charge on any atom is 0.180 e. The van der Waals surface area contributed by atoms with Crippen LogP contribution in [-0.2, 0) is 6.61 Å². The lowest BCUT2D eigenvalue weighted by molar-refractivity contribution is 0.294. The lowest BCUT2D eigenvalue weighted by Gasteiger charge is -2.05. The number of fused-ring (bicyclic) bond motifs is 1. The van der Waals surface area contributed by atoms with E-state index < -0.39 is 0 Å². The normalized spacial score (nSPS) is 10.7. The van der Waals surface area contributed by atoms with Gasteiger partial charge in [0, 0.05) is 0 Å². The highest BCUT2D eigenvalue weighted by Gasteiger charge is 2.09. The first-order valence-corrected chi connectivity index (χ1v) is 5.74. The lowest BCUT2D eigenvalue weighted by atomic mass is 10.3. The Morgan fingerprint density at radius 2 is 1.94 bits per heavy atom. The van der Waals surface area contributed by atoms with Gasteiger partial charge in [0.25, 0.3) is 0 Å². The molecule has 0 spiro atoms. The summed E-state index contributed by atoms with van der Waals surface area (Å²) in [5, 5.41) is 8.47. The standard InChI is InChI=1S/C12H9ClN4O/c13-10-6-14-7-11-15-16-12(17(10)11)8-18-9-4-2-1-3-5-9/h1-7H,8H2. The third-order valence-corrected chi connectivity index (χ3v) is 2.72. The van der Waals surface area contributed by atoms with E-state index in [4.69, 9.17) is 16.3 Å². The molecule has 18 heavy (non-hydrogen) atoms. The van der Waals surface area contributed by atoms with E-state index in [2.05, 4.69) is 15.2 Å². The second-order valence-electron chi connectivity index (χ2n) is 3.64. The fraction of sp³-hybridized carbons (Fsp3) is 0.0833. The maximum absolute atomic E-state index is 6.05. The molecule has 0 aliphatic rings. The summed E-state index contributed by atoms with van der Waals surface area (Å²) in [5.41, 5.74) is 0.606. The summed E-state index contributed by atoms with van der Waals surface area (Å²) < 4.78 is 7.32. The molecule has 3 aromatic rings. The average molecular weight is 261 g/mol.